The van der Waals surface area contributed by atoms with Gasteiger partial charge in [-0.25, -0.2) is 4.79 Å². The van der Waals surface area contributed by atoms with Gasteiger partial charge in [0, 0.05) is 6.08 Å². The molecule has 1 aromatic rings. The van der Waals surface area contributed by atoms with Gasteiger partial charge in [0.1, 0.15) is 16.4 Å². The molecule has 2 N–H and O–H groups in total. The third-order valence-electron chi connectivity index (χ3n) is 1.60. The van der Waals surface area contributed by atoms with E-state index in [1.54, 1.807) is 6.92 Å². The van der Waals surface area contributed by atoms with Crippen LogP contribution in [0.15, 0.2) is 22.2 Å². The molecule has 0 aliphatic rings. The molecule has 0 unspecified atom stereocenters. The van der Waals surface area contributed by atoms with Crippen molar-refractivity contribution in [1.29, 1.82) is 0 Å². The molecule has 0 aromatic carbocycles. The van der Waals surface area contributed by atoms with Gasteiger partial charge in [-0.3, -0.25) is 10.1 Å². The Labute approximate surface area is 90.6 Å². The van der Waals surface area contributed by atoms with Crippen LogP contribution >= 0.6 is 0 Å². The zero-order valence-corrected chi connectivity index (χ0v) is 8.50. The van der Waals surface area contributed by atoms with E-state index in [2.05, 4.69) is 4.74 Å². The number of carbonyl (C=O) groups is 1. The second kappa shape index (κ2) is 4.96. The minimum absolute atomic E-state index is 0.122. The van der Waals surface area contributed by atoms with Crippen LogP contribution in [0.5, 0.6) is 0 Å². The van der Waals surface area contributed by atoms with Gasteiger partial charge in [-0.15, -0.1) is 0 Å². The summed E-state index contributed by atoms with van der Waals surface area (Å²) in [5.41, 5.74) is 5.20. The monoisotopic (exact) mass is 226 g/mol. The molecule has 0 aliphatic heterocycles. The Morgan fingerprint density at radius 3 is 2.88 bits per heavy atom. The van der Waals surface area contributed by atoms with Crippen LogP contribution < -0.4 is 5.73 Å². The van der Waals surface area contributed by atoms with E-state index >= 15 is 0 Å². The summed E-state index contributed by atoms with van der Waals surface area (Å²) in [7, 11) is 0. The summed E-state index contributed by atoms with van der Waals surface area (Å²) in [5, 5.41) is 10.3. The van der Waals surface area contributed by atoms with Gasteiger partial charge in [-0.05, 0) is 13.0 Å². The van der Waals surface area contributed by atoms with Crippen molar-refractivity contribution in [2.45, 2.75) is 6.92 Å². The smallest absolute Gasteiger partial charge is 0.433 e. The molecule has 0 radical (unpaired) electrons. The average molecular weight is 226 g/mol. The van der Waals surface area contributed by atoms with Crippen LogP contribution in [0.2, 0.25) is 0 Å². The first kappa shape index (κ1) is 11.8. The molecule has 1 rings (SSSR count). The average Bonchev–Trinajstić information content (AvgIpc) is 2.66. The molecule has 0 saturated carbocycles. The maximum Gasteiger partial charge on any atom is 0.433 e. The van der Waals surface area contributed by atoms with Crippen molar-refractivity contribution in [2.24, 2.45) is 5.73 Å². The molecule has 7 nitrogen and oxygen atoms in total. The lowest BCUT2D eigenvalue weighted by Crippen LogP contribution is -2.14. The van der Waals surface area contributed by atoms with E-state index in [0.29, 0.717) is 0 Å². The summed E-state index contributed by atoms with van der Waals surface area (Å²) in [6.07, 6.45) is 1.17. The fourth-order valence-electron chi connectivity index (χ4n) is 0.945. The van der Waals surface area contributed by atoms with Gasteiger partial charge in [0.25, 0.3) is 0 Å². The Morgan fingerprint density at radius 1 is 1.69 bits per heavy atom. The van der Waals surface area contributed by atoms with Crippen LogP contribution in [0.3, 0.4) is 0 Å². The second-order valence-corrected chi connectivity index (χ2v) is 2.75. The maximum absolute atomic E-state index is 11.1. The normalized spacial score (nSPS) is 11.2. The van der Waals surface area contributed by atoms with Crippen molar-refractivity contribution in [2.75, 3.05) is 6.61 Å². The third kappa shape index (κ3) is 2.84. The Kier molecular flexibility index (Phi) is 3.65. The van der Waals surface area contributed by atoms with E-state index in [1.165, 1.54) is 18.2 Å². The topological polar surface area (TPSA) is 109 Å². The number of nitro groups is 1. The molecule has 86 valence electrons. The molecule has 1 aromatic heterocycles. The van der Waals surface area contributed by atoms with E-state index in [1.807, 2.05) is 0 Å². The fourth-order valence-corrected chi connectivity index (χ4v) is 0.945. The molecule has 0 aliphatic carbocycles. The molecule has 7 heteroatoms. The Morgan fingerprint density at radius 2 is 2.38 bits per heavy atom. The highest BCUT2D eigenvalue weighted by molar-refractivity contribution is 5.92. The van der Waals surface area contributed by atoms with Crippen molar-refractivity contribution >= 4 is 17.9 Å². The number of nitrogens with two attached hydrogens (primary N) is 1. The maximum atomic E-state index is 11.1. The number of hydrogen-bond donors (Lipinski definition) is 1. The predicted molar refractivity (Wildman–Crippen MR) is 54.2 cm³/mol. The third-order valence-corrected chi connectivity index (χ3v) is 1.60. The van der Waals surface area contributed by atoms with Crippen molar-refractivity contribution in [3.63, 3.8) is 0 Å². The van der Waals surface area contributed by atoms with Gasteiger partial charge in [0.05, 0.1) is 12.7 Å². The van der Waals surface area contributed by atoms with Gasteiger partial charge in [0.15, 0.2) is 0 Å². The quantitative estimate of drug-likeness (QED) is 0.355. The first-order valence-electron chi connectivity index (χ1n) is 4.43. The van der Waals surface area contributed by atoms with E-state index in [4.69, 9.17) is 10.2 Å². The van der Waals surface area contributed by atoms with Crippen molar-refractivity contribution in [3.05, 3.63) is 33.7 Å². The van der Waals surface area contributed by atoms with Gasteiger partial charge < -0.3 is 14.9 Å². The van der Waals surface area contributed by atoms with Gasteiger partial charge in [-0.2, -0.15) is 0 Å². The minimum Gasteiger partial charge on any atom is -0.461 e. The molecular formula is C9H10N2O5. The van der Waals surface area contributed by atoms with Gasteiger partial charge in [-0.1, -0.05) is 0 Å². The number of furan rings is 1. The van der Waals surface area contributed by atoms with E-state index < -0.39 is 16.8 Å². The SMILES string of the molecule is CCOC(=O)/C(N)=C\c1ccc([N+](=O)[O-])o1. The summed E-state index contributed by atoms with van der Waals surface area (Å²) in [6, 6.07) is 2.51. The Hall–Kier alpha value is -2.31. The van der Waals surface area contributed by atoms with Crippen LogP contribution in [0, 0.1) is 10.1 Å². The summed E-state index contributed by atoms with van der Waals surface area (Å²) in [6.45, 7) is 1.84. The molecule has 1 heterocycles. The molecule has 0 saturated heterocycles. The first-order chi connectivity index (χ1) is 7.54. The number of nitrogens with zero attached hydrogens (tertiary/aromatic N) is 1. The van der Waals surface area contributed by atoms with Crippen LogP contribution in [0.1, 0.15) is 12.7 Å². The van der Waals surface area contributed by atoms with Crippen LogP contribution in [0.4, 0.5) is 5.88 Å². The first-order valence-corrected chi connectivity index (χ1v) is 4.43. The molecule has 0 spiro atoms. The van der Waals surface area contributed by atoms with E-state index in [-0.39, 0.29) is 18.1 Å². The van der Waals surface area contributed by atoms with Crippen molar-refractivity contribution in [1.82, 2.24) is 0 Å². The Bertz CT molecular complexity index is 435. The molecule has 16 heavy (non-hydrogen) atoms. The number of hydrogen-bond acceptors (Lipinski definition) is 6. The summed E-state index contributed by atoms with van der Waals surface area (Å²) in [4.78, 5) is 20.7. The molecule has 0 fully saturated rings. The van der Waals surface area contributed by atoms with Crippen LogP contribution in [-0.2, 0) is 9.53 Å². The molecule has 0 atom stereocenters. The summed E-state index contributed by atoms with van der Waals surface area (Å²) >= 11 is 0. The number of carbonyl (C=O) groups excluding carboxylic acids is 1. The molecular weight excluding hydrogens is 216 g/mol. The Balaban J connectivity index is 2.81. The van der Waals surface area contributed by atoms with E-state index in [9.17, 15) is 14.9 Å². The van der Waals surface area contributed by atoms with E-state index in [0.717, 1.165) is 0 Å². The second-order valence-electron chi connectivity index (χ2n) is 2.75. The van der Waals surface area contributed by atoms with Crippen LogP contribution in [0.25, 0.3) is 6.08 Å². The lowest BCUT2D eigenvalue weighted by atomic mass is 10.3. The minimum atomic E-state index is -0.693. The number of rotatable bonds is 4. The number of ether oxygens (including phenoxy) is 1. The van der Waals surface area contributed by atoms with Crippen LogP contribution in [-0.4, -0.2) is 17.5 Å². The van der Waals surface area contributed by atoms with Gasteiger partial charge in [0.2, 0.25) is 0 Å². The highest BCUT2D eigenvalue weighted by Crippen LogP contribution is 2.17. The lowest BCUT2D eigenvalue weighted by molar-refractivity contribution is -0.402. The highest BCUT2D eigenvalue weighted by Gasteiger charge is 2.12. The molecule has 0 amide bonds. The largest absolute Gasteiger partial charge is 0.461 e. The lowest BCUT2D eigenvalue weighted by Gasteiger charge is -1.99. The summed E-state index contributed by atoms with van der Waals surface area (Å²) < 4.78 is 9.40. The fraction of sp³-hybridized carbons (Fsp3) is 0.222. The predicted octanol–water partition coefficient (Wildman–Crippen LogP) is 1.05. The number of esters is 1. The van der Waals surface area contributed by atoms with Gasteiger partial charge >= 0.3 is 11.9 Å². The van der Waals surface area contributed by atoms with Crippen molar-refractivity contribution < 1.29 is 18.9 Å². The molecule has 0 bridgehead atoms. The zero-order chi connectivity index (χ0) is 12.1. The van der Waals surface area contributed by atoms with Crippen molar-refractivity contribution in [3.8, 4) is 0 Å². The summed E-state index contributed by atoms with van der Waals surface area (Å²) in [5.74, 6) is -0.985. The highest BCUT2D eigenvalue weighted by atomic mass is 16.6. The zero-order valence-electron chi connectivity index (χ0n) is 8.50. The standard InChI is InChI=1S/C9H10N2O5/c1-2-15-9(12)7(10)5-6-3-4-8(16-6)11(13)14/h3-5H,2,10H2,1H3/b7-5+.